The van der Waals surface area contributed by atoms with Gasteiger partial charge in [0.15, 0.2) is 5.11 Å². The van der Waals surface area contributed by atoms with Crippen molar-refractivity contribution < 1.29 is 4.74 Å². The van der Waals surface area contributed by atoms with Crippen molar-refractivity contribution in [2.75, 3.05) is 12.4 Å². The van der Waals surface area contributed by atoms with Crippen molar-refractivity contribution in [2.24, 2.45) is 0 Å². The SMILES string of the molecule is COc1ccc(C2(NC(=S)Nc3cccc(Br)c3)CCCC2)cc1. The highest BCUT2D eigenvalue weighted by Crippen LogP contribution is 2.39. The lowest BCUT2D eigenvalue weighted by Gasteiger charge is -2.32. The molecule has 1 fully saturated rings. The van der Waals surface area contributed by atoms with Crippen LogP contribution in [0.25, 0.3) is 0 Å². The minimum Gasteiger partial charge on any atom is -0.497 e. The molecule has 1 aliphatic rings. The van der Waals surface area contributed by atoms with Crippen LogP contribution < -0.4 is 15.4 Å². The summed E-state index contributed by atoms with van der Waals surface area (Å²) in [5.41, 5.74) is 2.14. The molecule has 0 heterocycles. The second kappa shape index (κ2) is 7.53. The van der Waals surface area contributed by atoms with Gasteiger partial charge in [0.2, 0.25) is 0 Å². The summed E-state index contributed by atoms with van der Waals surface area (Å²) < 4.78 is 6.30. The average Bonchev–Trinajstić information content (AvgIpc) is 3.04. The first-order valence-electron chi connectivity index (χ1n) is 8.11. The van der Waals surface area contributed by atoms with E-state index in [0.717, 1.165) is 28.8 Å². The highest BCUT2D eigenvalue weighted by Gasteiger charge is 2.36. The molecule has 3 rings (SSSR count). The molecule has 0 atom stereocenters. The second-order valence-corrected chi connectivity index (χ2v) is 7.43. The van der Waals surface area contributed by atoms with Gasteiger partial charge in [-0.1, -0.05) is 47.0 Å². The molecule has 0 spiro atoms. The molecular weight excluding hydrogens is 384 g/mol. The van der Waals surface area contributed by atoms with Crippen molar-refractivity contribution in [2.45, 2.75) is 31.2 Å². The molecule has 3 nitrogen and oxygen atoms in total. The molecule has 0 aromatic heterocycles. The molecule has 2 N–H and O–H groups in total. The van der Waals surface area contributed by atoms with Crippen LogP contribution in [0.5, 0.6) is 5.75 Å². The molecule has 1 saturated carbocycles. The average molecular weight is 405 g/mol. The molecule has 0 amide bonds. The largest absolute Gasteiger partial charge is 0.497 e. The first-order chi connectivity index (χ1) is 11.6. The number of thiocarbonyl (C=S) groups is 1. The third-order valence-electron chi connectivity index (χ3n) is 4.54. The fourth-order valence-corrected chi connectivity index (χ4v) is 4.03. The fraction of sp³-hybridized carbons (Fsp3) is 0.316. The van der Waals surface area contributed by atoms with Crippen LogP contribution in [0.15, 0.2) is 53.0 Å². The summed E-state index contributed by atoms with van der Waals surface area (Å²) in [5.74, 6) is 0.877. The van der Waals surface area contributed by atoms with E-state index in [2.05, 4.69) is 38.7 Å². The van der Waals surface area contributed by atoms with Crippen LogP contribution in [0.2, 0.25) is 0 Å². The third-order valence-corrected chi connectivity index (χ3v) is 5.23. The van der Waals surface area contributed by atoms with E-state index in [4.69, 9.17) is 17.0 Å². The van der Waals surface area contributed by atoms with E-state index in [9.17, 15) is 0 Å². The van der Waals surface area contributed by atoms with Gasteiger partial charge in [-0.2, -0.15) is 0 Å². The predicted octanol–water partition coefficient (Wildman–Crippen LogP) is 5.21. The smallest absolute Gasteiger partial charge is 0.171 e. The molecular formula is C19H21BrN2OS. The van der Waals surface area contributed by atoms with Crippen molar-refractivity contribution in [1.82, 2.24) is 5.32 Å². The van der Waals surface area contributed by atoms with Gasteiger partial charge in [0.05, 0.1) is 12.6 Å². The number of nitrogens with one attached hydrogen (secondary N) is 2. The Morgan fingerprint density at radius 3 is 2.46 bits per heavy atom. The van der Waals surface area contributed by atoms with Gasteiger partial charge in [0.1, 0.15) is 5.75 Å². The van der Waals surface area contributed by atoms with Crippen molar-refractivity contribution in [3.05, 3.63) is 58.6 Å². The van der Waals surface area contributed by atoms with E-state index in [-0.39, 0.29) is 5.54 Å². The zero-order valence-electron chi connectivity index (χ0n) is 13.6. The summed E-state index contributed by atoms with van der Waals surface area (Å²) in [7, 11) is 1.69. The number of methoxy groups -OCH3 is 1. The van der Waals surface area contributed by atoms with Crippen molar-refractivity contribution in [1.29, 1.82) is 0 Å². The van der Waals surface area contributed by atoms with Gasteiger partial charge < -0.3 is 15.4 Å². The standard InChI is InChI=1S/C19H21BrN2OS/c1-23-17-9-7-14(8-10-17)19(11-2-3-12-19)22-18(24)21-16-6-4-5-15(20)13-16/h4-10,13H,2-3,11-12H2,1H3,(H2,21,22,24). The first-order valence-corrected chi connectivity index (χ1v) is 9.31. The summed E-state index contributed by atoms with van der Waals surface area (Å²) in [4.78, 5) is 0. The Morgan fingerprint density at radius 2 is 1.83 bits per heavy atom. The van der Waals surface area contributed by atoms with Gasteiger partial charge in [-0.25, -0.2) is 0 Å². The zero-order chi connectivity index (χ0) is 17.0. The zero-order valence-corrected chi connectivity index (χ0v) is 16.0. The van der Waals surface area contributed by atoms with Crippen LogP contribution in [0, 0.1) is 0 Å². The Bertz CT molecular complexity index is 712. The molecule has 0 bridgehead atoms. The molecule has 126 valence electrons. The number of rotatable bonds is 4. The van der Waals surface area contributed by atoms with Crippen LogP contribution in [-0.2, 0) is 5.54 Å². The van der Waals surface area contributed by atoms with Crippen LogP contribution in [0.1, 0.15) is 31.2 Å². The van der Waals surface area contributed by atoms with Crippen molar-refractivity contribution >= 4 is 38.9 Å². The summed E-state index contributed by atoms with van der Waals surface area (Å²) in [5, 5.41) is 7.53. The van der Waals surface area contributed by atoms with E-state index < -0.39 is 0 Å². The first kappa shape index (κ1) is 17.2. The Balaban J connectivity index is 1.76. The molecule has 0 unspecified atom stereocenters. The van der Waals surface area contributed by atoms with Gasteiger partial charge in [0, 0.05) is 10.2 Å². The molecule has 1 aliphatic carbocycles. The number of anilines is 1. The van der Waals surface area contributed by atoms with Crippen LogP contribution >= 0.6 is 28.1 Å². The maximum Gasteiger partial charge on any atom is 0.171 e. The Morgan fingerprint density at radius 1 is 1.12 bits per heavy atom. The van der Waals surface area contributed by atoms with Gasteiger partial charge in [-0.15, -0.1) is 0 Å². The topological polar surface area (TPSA) is 33.3 Å². The number of ether oxygens (including phenoxy) is 1. The minimum absolute atomic E-state index is 0.0949. The summed E-state index contributed by atoms with van der Waals surface area (Å²) in [6.45, 7) is 0. The maximum atomic E-state index is 5.57. The van der Waals surface area contributed by atoms with E-state index >= 15 is 0 Å². The Labute approximate surface area is 156 Å². The summed E-state index contributed by atoms with van der Waals surface area (Å²) in [6, 6.07) is 16.3. The molecule has 5 heteroatoms. The van der Waals surface area contributed by atoms with Crippen molar-refractivity contribution in [3.8, 4) is 5.75 Å². The normalized spacial score (nSPS) is 15.8. The van der Waals surface area contributed by atoms with Crippen molar-refractivity contribution in [3.63, 3.8) is 0 Å². The number of benzene rings is 2. The quantitative estimate of drug-likeness (QED) is 0.684. The van der Waals surface area contributed by atoms with E-state index in [1.54, 1.807) is 7.11 Å². The molecule has 2 aromatic rings. The predicted molar refractivity (Wildman–Crippen MR) is 107 cm³/mol. The monoisotopic (exact) mass is 404 g/mol. The van der Waals surface area contributed by atoms with Gasteiger partial charge in [-0.3, -0.25) is 0 Å². The number of hydrogen-bond donors (Lipinski definition) is 2. The summed E-state index contributed by atoms with van der Waals surface area (Å²) in [6.07, 6.45) is 4.58. The minimum atomic E-state index is -0.0949. The highest BCUT2D eigenvalue weighted by atomic mass is 79.9. The van der Waals surface area contributed by atoms with Gasteiger partial charge in [-0.05, 0) is 61.0 Å². The lowest BCUT2D eigenvalue weighted by atomic mass is 9.88. The Kier molecular flexibility index (Phi) is 5.41. The van der Waals surface area contributed by atoms with Crippen LogP contribution in [-0.4, -0.2) is 12.2 Å². The second-order valence-electron chi connectivity index (χ2n) is 6.11. The Hall–Kier alpha value is -1.59. The third kappa shape index (κ3) is 3.90. The maximum absolute atomic E-state index is 5.57. The molecule has 0 radical (unpaired) electrons. The highest BCUT2D eigenvalue weighted by molar-refractivity contribution is 9.10. The van der Waals surface area contributed by atoms with Crippen LogP contribution in [0.4, 0.5) is 5.69 Å². The molecule has 0 aliphatic heterocycles. The molecule has 0 saturated heterocycles. The number of hydrogen-bond acceptors (Lipinski definition) is 2. The molecule has 24 heavy (non-hydrogen) atoms. The van der Waals surface area contributed by atoms with Gasteiger partial charge >= 0.3 is 0 Å². The lowest BCUT2D eigenvalue weighted by molar-refractivity contribution is 0.401. The van der Waals surface area contributed by atoms with E-state index in [1.165, 1.54) is 18.4 Å². The number of halogens is 1. The summed E-state index contributed by atoms with van der Waals surface area (Å²) >= 11 is 9.06. The molecule has 2 aromatic carbocycles. The van der Waals surface area contributed by atoms with E-state index in [1.807, 2.05) is 36.4 Å². The van der Waals surface area contributed by atoms with E-state index in [0.29, 0.717) is 5.11 Å². The van der Waals surface area contributed by atoms with Crippen LogP contribution in [0.3, 0.4) is 0 Å². The fourth-order valence-electron chi connectivity index (χ4n) is 3.32. The van der Waals surface area contributed by atoms with Gasteiger partial charge in [0.25, 0.3) is 0 Å². The lowest BCUT2D eigenvalue weighted by Crippen LogP contribution is -2.45.